The largest absolute Gasteiger partial charge is 0.327 e. The molecule has 134 valence electrons. The molecule has 0 spiro atoms. The van der Waals surface area contributed by atoms with E-state index in [0.29, 0.717) is 34.8 Å². The maximum atomic E-state index is 13.2. The number of fused-ring (bicyclic) bond motifs is 1. The summed E-state index contributed by atoms with van der Waals surface area (Å²) < 4.78 is 29.0. The number of thiophene rings is 1. The number of sulfonamides is 1. The second-order valence-electron chi connectivity index (χ2n) is 6.85. The lowest BCUT2D eigenvalue weighted by atomic mass is 9.81. The Balaban J connectivity index is 0.00000208. The fraction of sp³-hybridized carbons (Fsp3) is 0.500. The first-order valence-electron chi connectivity index (χ1n) is 7.57. The number of aryl methyl sites for hydroxylation is 1. The van der Waals surface area contributed by atoms with Crippen LogP contribution in [0.5, 0.6) is 0 Å². The van der Waals surface area contributed by atoms with E-state index in [0.717, 1.165) is 9.58 Å². The Labute approximate surface area is 158 Å². The maximum absolute atomic E-state index is 13.2. The first-order valence-corrected chi connectivity index (χ1v) is 10.2. The molecule has 1 atom stereocenters. The van der Waals surface area contributed by atoms with Gasteiger partial charge in [-0.3, -0.25) is 0 Å². The lowest BCUT2D eigenvalue weighted by Crippen LogP contribution is -2.53. The lowest BCUT2D eigenvalue weighted by Gasteiger charge is -2.41. The number of hydrogen-bond acceptors (Lipinski definition) is 4. The van der Waals surface area contributed by atoms with E-state index in [1.807, 2.05) is 26.8 Å². The average molecular weight is 409 g/mol. The molecule has 0 radical (unpaired) electrons. The number of nitrogens with zero attached hydrogens (tertiary/aromatic N) is 1. The summed E-state index contributed by atoms with van der Waals surface area (Å²) in [6.45, 7) is 6.80. The number of benzene rings is 1. The molecule has 24 heavy (non-hydrogen) atoms. The quantitative estimate of drug-likeness (QED) is 0.815. The molecule has 2 heterocycles. The number of piperidine rings is 1. The molecule has 1 aromatic carbocycles. The van der Waals surface area contributed by atoms with Gasteiger partial charge in [0.25, 0.3) is 0 Å². The highest BCUT2D eigenvalue weighted by Crippen LogP contribution is 2.39. The maximum Gasteiger partial charge on any atom is 0.244 e. The van der Waals surface area contributed by atoms with Gasteiger partial charge in [-0.1, -0.05) is 25.4 Å². The van der Waals surface area contributed by atoms with Crippen LogP contribution in [0.1, 0.15) is 25.1 Å². The van der Waals surface area contributed by atoms with Gasteiger partial charge in [-0.15, -0.1) is 23.7 Å². The molecule has 1 saturated heterocycles. The Bertz CT molecular complexity index is 862. The smallest absolute Gasteiger partial charge is 0.244 e. The first kappa shape index (κ1) is 19.9. The zero-order valence-corrected chi connectivity index (χ0v) is 17.1. The van der Waals surface area contributed by atoms with Gasteiger partial charge in [-0.25, -0.2) is 8.42 Å². The van der Waals surface area contributed by atoms with Crippen molar-refractivity contribution in [1.29, 1.82) is 0 Å². The van der Waals surface area contributed by atoms with Crippen LogP contribution < -0.4 is 5.73 Å². The van der Waals surface area contributed by atoms with E-state index in [1.54, 1.807) is 16.4 Å². The van der Waals surface area contributed by atoms with Crippen molar-refractivity contribution in [2.75, 3.05) is 13.1 Å². The van der Waals surface area contributed by atoms with E-state index in [1.165, 1.54) is 11.3 Å². The van der Waals surface area contributed by atoms with Crippen molar-refractivity contribution < 1.29 is 8.42 Å². The van der Waals surface area contributed by atoms with Crippen LogP contribution in [0.25, 0.3) is 10.1 Å². The molecule has 0 saturated carbocycles. The van der Waals surface area contributed by atoms with Gasteiger partial charge < -0.3 is 5.73 Å². The summed E-state index contributed by atoms with van der Waals surface area (Å²) >= 11 is 7.57. The van der Waals surface area contributed by atoms with Crippen molar-refractivity contribution in [3.8, 4) is 0 Å². The normalized spacial score (nSPS) is 21.6. The molecule has 1 fully saturated rings. The van der Waals surface area contributed by atoms with Crippen molar-refractivity contribution in [1.82, 2.24) is 4.31 Å². The molecule has 1 aliphatic heterocycles. The van der Waals surface area contributed by atoms with Crippen LogP contribution in [0.3, 0.4) is 0 Å². The predicted molar refractivity (Wildman–Crippen MR) is 104 cm³/mol. The van der Waals surface area contributed by atoms with Crippen LogP contribution in [-0.2, 0) is 10.0 Å². The molecule has 4 nitrogen and oxygen atoms in total. The summed E-state index contributed by atoms with van der Waals surface area (Å²) in [6.07, 6.45) is 0.675. The number of rotatable bonds is 2. The van der Waals surface area contributed by atoms with Gasteiger partial charge in [-0.05, 0) is 37.0 Å². The third kappa shape index (κ3) is 3.32. The molecular weight excluding hydrogens is 387 g/mol. The molecule has 8 heteroatoms. The van der Waals surface area contributed by atoms with Gasteiger partial charge in [-0.2, -0.15) is 4.31 Å². The van der Waals surface area contributed by atoms with Crippen molar-refractivity contribution in [2.45, 2.75) is 38.1 Å². The molecule has 0 aliphatic carbocycles. The summed E-state index contributed by atoms with van der Waals surface area (Å²) in [4.78, 5) is 1.20. The van der Waals surface area contributed by atoms with E-state index in [4.69, 9.17) is 17.3 Å². The number of nitrogens with two attached hydrogens (primary N) is 1. The third-order valence-electron chi connectivity index (χ3n) is 4.64. The van der Waals surface area contributed by atoms with E-state index in [-0.39, 0.29) is 23.9 Å². The van der Waals surface area contributed by atoms with Gasteiger partial charge in [0.1, 0.15) is 4.90 Å². The highest BCUT2D eigenvalue weighted by atomic mass is 35.5. The van der Waals surface area contributed by atoms with Crippen LogP contribution in [0, 0.1) is 12.3 Å². The van der Waals surface area contributed by atoms with E-state index < -0.39 is 10.0 Å². The zero-order chi connectivity index (χ0) is 17.0. The van der Waals surface area contributed by atoms with Crippen molar-refractivity contribution in [3.05, 3.63) is 28.1 Å². The summed E-state index contributed by atoms with van der Waals surface area (Å²) in [6, 6.07) is 5.43. The second kappa shape index (κ2) is 6.74. The fourth-order valence-electron chi connectivity index (χ4n) is 3.15. The average Bonchev–Trinajstić information content (AvgIpc) is 2.77. The highest BCUT2D eigenvalue weighted by molar-refractivity contribution is 7.89. The minimum Gasteiger partial charge on any atom is -0.327 e. The molecule has 1 unspecified atom stereocenters. The van der Waals surface area contributed by atoms with E-state index in [2.05, 4.69) is 0 Å². The topological polar surface area (TPSA) is 63.4 Å². The first-order chi connectivity index (χ1) is 10.6. The monoisotopic (exact) mass is 408 g/mol. The Morgan fingerprint density at radius 3 is 2.67 bits per heavy atom. The predicted octanol–water partition coefficient (Wildman–Crippen LogP) is 4.03. The Hall–Kier alpha value is -0.370. The van der Waals surface area contributed by atoms with Crippen LogP contribution in [0.4, 0.5) is 0 Å². The van der Waals surface area contributed by atoms with Gasteiger partial charge in [0.15, 0.2) is 0 Å². The van der Waals surface area contributed by atoms with Crippen LogP contribution in [0.15, 0.2) is 23.1 Å². The van der Waals surface area contributed by atoms with Gasteiger partial charge in [0, 0.05) is 39.1 Å². The molecule has 1 aliphatic rings. The van der Waals surface area contributed by atoms with Crippen LogP contribution >= 0.6 is 35.3 Å². The standard InChI is InChI=1S/C16H21ClN2O2S2.ClH/c1-10-15(12-8-11(17)4-5-13(12)22-10)23(20,21)19-7-6-14(18)16(2,3)9-19;/h4-5,8,14H,6-7,9,18H2,1-3H3;1H. The van der Waals surface area contributed by atoms with Crippen molar-refractivity contribution in [3.63, 3.8) is 0 Å². The van der Waals surface area contributed by atoms with Crippen LogP contribution in [0.2, 0.25) is 5.02 Å². The molecule has 3 rings (SSSR count). The highest BCUT2D eigenvalue weighted by Gasteiger charge is 2.40. The summed E-state index contributed by atoms with van der Waals surface area (Å²) in [5, 5.41) is 1.26. The molecular formula is C16H22Cl2N2O2S2. The van der Waals surface area contributed by atoms with Crippen LogP contribution in [-0.4, -0.2) is 31.9 Å². The van der Waals surface area contributed by atoms with E-state index in [9.17, 15) is 8.42 Å². The van der Waals surface area contributed by atoms with Gasteiger partial charge >= 0.3 is 0 Å². The molecule has 0 bridgehead atoms. The number of halogens is 2. The van der Waals surface area contributed by atoms with Crippen molar-refractivity contribution in [2.24, 2.45) is 11.1 Å². The second-order valence-corrected chi connectivity index (χ2v) is 10.4. The Morgan fingerprint density at radius 2 is 2.04 bits per heavy atom. The fourth-order valence-corrected chi connectivity index (χ4v) is 6.68. The summed E-state index contributed by atoms with van der Waals surface area (Å²) in [5.74, 6) is 0. The molecule has 2 aromatic rings. The number of hydrogen-bond donors (Lipinski definition) is 1. The molecule has 0 amide bonds. The molecule has 1 aromatic heterocycles. The SMILES string of the molecule is Cc1sc2ccc(Cl)cc2c1S(=O)(=O)N1CCC(N)C(C)(C)C1.Cl. The Morgan fingerprint density at radius 1 is 1.38 bits per heavy atom. The minimum atomic E-state index is -3.56. The Kier molecular flexibility index (Phi) is 5.60. The van der Waals surface area contributed by atoms with E-state index >= 15 is 0 Å². The summed E-state index contributed by atoms with van der Waals surface area (Å²) in [5.41, 5.74) is 5.91. The van der Waals surface area contributed by atoms with Gasteiger partial charge in [0.05, 0.1) is 0 Å². The minimum absolute atomic E-state index is 0. The van der Waals surface area contributed by atoms with Gasteiger partial charge in [0.2, 0.25) is 10.0 Å². The third-order valence-corrected chi connectivity index (χ3v) is 8.13. The van der Waals surface area contributed by atoms with Crippen molar-refractivity contribution >= 4 is 55.5 Å². The lowest BCUT2D eigenvalue weighted by molar-refractivity contribution is 0.155. The summed E-state index contributed by atoms with van der Waals surface area (Å²) in [7, 11) is -3.56. The zero-order valence-electron chi connectivity index (χ0n) is 13.9. The molecule has 2 N–H and O–H groups in total.